The van der Waals surface area contributed by atoms with Gasteiger partial charge < -0.3 is 9.30 Å². The molecule has 2 aliphatic rings. The standard InChI is InChI=1S/C19H22N2O4S/c22-19(25-15-10-12-26(23,24)13-15)17-16-9-5-2-6-11-21(16)18(20-17)14-7-3-1-4-8-14/h1,3-4,7-8,15H,2,5-6,9-13H2/t15-/m1/s1. The fraction of sp³-hybridized carbons (Fsp3) is 0.474. The number of hydrogen-bond acceptors (Lipinski definition) is 5. The van der Waals surface area contributed by atoms with E-state index in [1.807, 2.05) is 30.3 Å². The Balaban J connectivity index is 1.67. The minimum atomic E-state index is -3.09. The quantitative estimate of drug-likeness (QED) is 0.772. The number of rotatable bonds is 3. The number of benzene rings is 1. The predicted molar refractivity (Wildman–Crippen MR) is 97.7 cm³/mol. The molecule has 4 rings (SSSR count). The Morgan fingerprint density at radius 2 is 1.96 bits per heavy atom. The number of sulfone groups is 1. The van der Waals surface area contributed by atoms with Crippen LogP contribution in [0.4, 0.5) is 0 Å². The van der Waals surface area contributed by atoms with Gasteiger partial charge in [0.05, 0.1) is 17.2 Å². The van der Waals surface area contributed by atoms with E-state index in [0.29, 0.717) is 12.1 Å². The van der Waals surface area contributed by atoms with Crippen LogP contribution in [-0.4, -0.2) is 41.5 Å². The first kappa shape index (κ1) is 17.3. The normalized spacial score (nSPS) is 21.8. The molecule has 0 amide bonds. The average Bonchev–Trinajstić information content (AvgIpc) is 3.05. The summed E-state index contributed by atoms with van der Waals surface area (Å²) in [6.45, 7) is 0.831. The van der Waals surface area contributed by atoms with Gasteiger partial charge in [0.15, 0.2) is 15.5 Å². The largest absolute Gasteiger partial charge is 0.456 e. The molecule has 2 aromatic rings. The summed E-state index contributed by atoms with van der Waals surface area (Å²) >= 11 is 0. The highest BCUT2D eigenvalue weighted by atomic mass is 32.2. The van der Waals surface area contributed by atoms with Gasteiger partial charge in [0.1, 0.15) is 11.9 Å². The first-order valence-corrected chi connectivity index (χ1v) is 10.9. The SMILES string of the molecule is O=C(O[C@@H]1CCS(=O)(=O)C1)c1nc(-c2ccccc2)n2c1CCCCC2. The Labute approximate surface area is 153 Å². The molecule has 0 bridgehead atoms. The van der Waals surface area contributed by atoms with E-state index in [-0.39, 0.29) is 11.5 Å². The lowest BCUT2D eigenvalue weighted by atomic mass is 10.1. The van der Waals surface area contributed by atoms with Crippen LogP contribution < -0.4 is 0 Å². The number of esters is 1. The van der Waals surface area contributed by atoms with E-state index in [1.54, 1.807) is 0 Å². The molecule has 3 heterocycles. The van der Waals surface area contributed by atoms with Gasteiger partial charge >= 0.3 is 5.97 Å². The van der Waals surface area contributed by atoms with Gasteiger partial charge in [-0.25, -0.2) is 18.2 Å². The average molecular weight is 374 g/mol. The third-order valence-electron chi connectivity index (χ3n) is 5.06. The molecule has 1 fully saturated rings. The predicted octanol–water partition coefficient (Wildman–Crippen LogP) is 2.62. The smallest absolute Gasteiger partial charge is 0.359 e. The van der Waals surface area contributed by atoms with E-state index in [9.17, 15) is 13.2 Å². The van der Waals surface area contributed by atoms with Crippen LogP contribution in [0, 0.1) is 0 Å². The molecular formula is C19H22N2O4S. The van der Waals surface area contributed by atoms with Crippen molar-refractivity contribution in [3.05, 3.63) is 41.7 Å². The summed E-state index contributed by atoms with van der Waals surface area (Å²) < 4.78 is 30.9. The Morgan fingerprint density at radius 1 is 1.15 bits per heavy atom. The molecule has 2 aliphatic heterocycles. The van der Waals surface area contributed by atoms with Gasteiger partial charge in [0, 0.05) is 12.1 Å². The number of fused-ring (bicyclic) bond motifs is 1. The third-order valence-corrected chi connectivity index (χ3v) is 6.79. The van der Waals surface area contributed by atoms with Crippen molar-refractivity contribution in [3.8, 4) is 11.4 Å². The zero-order valence-corrected chi connectivity index (χ0v) is 15.4. The molecule has 0 N–H and O–H groups in total. The molecule has 0 saturated carbocycles. The minimum absolute atomic E-state index is 0.0830. The van der Waals surface area contributed by atoms with E-state index in [4.69, 9.17) is 4.74 Å². The Hall–Kier alpha value is -2.15. The first-order chi connectivity index (χ1) is 12.5. The van der Waals surface area contributed by atoms with Crippen LogP contribution in [0.3, 0.4) is 0 Å². The number of imidazole rings is 1. The monoisotopic (exact) mass is 374 g/mol. The van der Waals surface area contributed by atoms with Gasteiger partial charge in [-0.1, -0.05) is 36.8 Å². The van der Waals surface area contributed by atoms with Crippen molar-refractivity contribution in [3.63, 3.8) is 0 Å². The topological polar surface area (TPSA) is 78.3 Å². The summed E-state index contributed by atoms with van der Waals surface area (Å²) in [6.07, 6.45) is 3.78. The lowest BCUT2D eigenvalue weighted by Crippen LogP contribution is -2.20. The van der Waals surface area contributed by atoms with Crippen molar-refractivity contribution in [1.29, 1.82) is 0 Å². The molecule has 0 aliphatic carbocycles. The summed E-state index contributed by atoms with van der Waals surface area (Å²) in [5.41, 5.74) is 2.22. The molecule has 6 nitrogen and oxygen atoms in total. The van der Waals surface area contributed by atoms with Gasteiger partial charge in [-0.05, 0) is 25.7 Å². The number of ether oxygens (including phenoxy) is 1. The van der Waals surface area contributed by atoms with Crippen LogP contribution in [0.15, 0.2) is 30.3 Å². The second kappa shape index (κ2) is 6.87. The molecule has 138 valence electrons. The minimum Gasteiger partial charge on any atom is -0.456 e. The van der Waals surface area contributed by atoms with Crippen LogP contribution in [0.5, 0.6) is 0 Å². The summed E-state index contributed by atoms with van der Waals surface area (Å²) in [6, 6.07) is 9.83. The number of aromatic nitrogens is 2. The second-order valence-corrected chi connectivity index (χ2v) is 9.22. The molecule has 26 heavy (non-hydrogen) atoms. The lowest BCUT2D eigenvalue weighted by molar-refractivity contribution is 0.0348. The highest BCUT2D eigenvalue weighted by Crippen LogP contribution is 2.28. The molecule has 0 unspecified atom stereocenters. The summed E-state index contributed by atoms with van der Waals surface area (Å²) in [5, 5.41) is 0. The fourth-order valence-electron chi connectivity index (χ4n) is 3.75. The number of hydrogen-bond donors (Lipinski definition) is 0. The zero-order chi connectivity index (χ0) is 18.1. The Kier molecular flexibility index (Phi) is 4.56. The van der Waals surface area contributed by atoms with Crippen LogP contribution in [0.1, 0.15) is 41.9 Å². The number of carbonyl (C=O) groups excluding carboxylic acids is 1. The molecule has 0 radical (unpaired) electrons. The second-order valence-electron chi connectivity index (χ2n) is 6.99. The molecule has 7 heteroatoms. The van der Waals surface area contributed by atoms with Crippen molar-refractivity contribution in [1.82, 2.24) is 9.55 Å². The third kappa shape index (κ3) is 3.40. The van der Waals surface area contributed by atoms with Crippen LogP contribution in [-0.2, 0) is 27.5 Å². The maximum atomic E-state index is 12.7. The fourth-order valence-corrected chi connectivity index (χ4v) is 5.34. The highest BCUT2D eigenvalue weighted by Gasteiger charge is 2.33. The maximum absolute atomic E-state index is 12.7. The van der Waals surface area contributed by atoms with Gasteiger partial charge in [0.25, 0.3) is 0 Å². The highest BCUT2D eigenvalue weighted by molar-refractivity contribution is 7.91. The van der Waals surface area contributed by atoms with Crippen LogP contribution >= 0.6 is 0 Å². The van der Waals surface area contributed by atoms with E-state index in [1.165, 1.54) is 0 Å². The van der Waals surface area contributed by atoms with Crippen LogP contribution in [0.25, 0.3) is 11.4 Å². The van der Waals surface area contributed by atoms with E-state index >= 15 is 0 Å². The van der Waals surface area contributed by atoms with Crippen molar-refractivity contribution >= 4 is 15.8 Å². The number of carbonyl (C=O) groups is 1. The van der Waals surface area contributed by atoms with Crippen molar-refractivity contribution in [2.45, 2.75) is 44.8 Å². The van der Waals surface area contributed by atoms with Crippen molar-refractivity contribution in [2.75, 3.05) is 11.5 Å². The first-order valence-electron chi connectivity index (χ1n) is 9.10. The molecule has 1 aromatic heterocycles. The van der Waals surface area contributed by atoms with Crippen molar-refractivity contribution in [2.24, 2.45) is 0 Å². The maximum Gasteiger partial charge on any atom is 0.359 e. The molecular weight excluding hydrogens is 352 g/mol. The zero-order valence-electron chi connectivity index (χ0n) is 14.6. The molecule has 1 atom stereocenters. The van der Waals surface area contributed by atoms with Crippen LogP contribution in [0.2, 0.25) is 0 Å². The van der Waals surface area contributed by atoms with Gasteiger partial charge in [0.2, 0.25) is 0 Å². The summed E-state index contributed by atoms with van der Waals surface area (Å²) in [5.74, 6) is 0.287. The molecule has 1 aromatic carbocycles. The van der Waals surface area contributed by atoms with E-state index < -0.39 is 21.9 Å². The molecule has 1 saturated heterocycles. The van der Waals surface area contributed by atoms with Gasteiger partial charge in [-0.3, -0.25) is 0 Å². The van der Waals surface area contributed by atoms with E-state index in [0.717, 1.165) is 49.3 Å². The van der Waals surface area contributed by atoms with E-state index in [2.05, 4.69) is 9.55 Å². The van der Waals surface area contributed by atoms with Gasteiger partial charge in [-0.2, -0.15) is 0 Å². The lowest BCUT2D eigenvalue weighted by Gasteiger charge is -2.10. The number of nitrogens with zero attached hydrogens (tertiary/aromatic N) is 2. The Morgan fingerprint density at radius 3 is 2.69 bits per heavy atom. The Bertz CT molecular complexity index is 919. The molecule has 0 spiro atoms. The summed E-state index contributed by atoms with van der Waals surface area (Å²) in [4.78, 5) is 17.4. The summed E-state index contributed by atoms with van der Waals surface area (Å²) in [7, 11) is -3.09. The van der Waals surface area contributed by atoms with Gasteiger partial charge in [-0.15, -0.1) is 0 Å². The van der Waals surface area contributed by atoms with Crippen molar-refractivity contribution < 1.29 is 17.9 Å².